The zero-order valence-corrected chi connectivity index (χ0v) is 27.1. The van der Waals surface area contributed by atoms with Gasteiger partial charge in [-0.1, -0.05) is 73.4 Å². The summed E-state index contributed by atoms with van der Waals surface area (Å²) in [5.41, 5.74) is 1.90. The molecule has 1 aliphatic rings. The second kappa shape index (κ2) is 13.1. The molecule has 8 nitrogen and oxygen atoms in total. The molecule has 2 aromatic heterocycles. The van der Waals surface area contributed by atoms with Gasteiger partial charge in [0.05, 0.1) is 0 Å². The third-order valence-corrected chi connectivity index (χ3v) is 10.7. The van der Waals surface area contributed by atoms with Gasteiger partial charge >= 0.3 is 0 Å². The molecule has 0 saturated heterocycles. The van der Waals surface area contributed by atoms with Crippen LogP contribution in [0.15, 0.2) is 108 Å². The lowest BCUT2D eigenvalue weighted by molar-refractivity contribution is -0.126. The van der Waals surface area contributed by atoms with Crippen LogP contribution in [0.25, 0.3) is 10.9 Å². The zero-order chi connectivity index (χ0) is 32.2. The van der Waals surface area contributed by atoms with Crippen LogP contribution in [0.1, 0.15) is 55.8 Å². The maximum absolute atomic E-state index is 14.4. The Bertz CT molecular complexity index is 1920. The van der Waals surface area contributed by atoms with E-state index < -0.39 is 21.5 Å². The summed E-state index contributed by atoms with van der Waals surface area (Å²) in [7, 11) is -4.25. The Morgan fingerprint density at radius 1 is 0.935 bits per heavy atom. The molecule has 0 spiro atoms. The summed E-state index contributed by atoms with van der Waals surface area (Å²) in [5.74, 6) is 0.282. The number of para-hydroxylation sites is 2. The number of aromatic amines is 1. The molecule has 3 N–H and O–H groups in total. The van der Waals surface area contributed by atoms with Crippen molar-refractivity contribution in [2.24, 2.45) is 0 Å². The van der Waals surface area contributed by atoms with Crippen molar-refractivity contribution < 1.29 is 17.9 Å². The van der Waals surface area contributed by atoms with Crippen LogP contribution in [0.5, 0.6) is 11.5 Å². The van der Waals surface area contributed by atoms with Crippen molar-refractivity contribution in [3.05, 3.63) is 120 Å². The number of aryl methyl sites for hydroxylation is 1. The van der Waals surface area contributed by atoms with Crippen LogP contribution in [0, 0.1) is 6.92 Å². The van der Waals surface area contributed by atoms with Gasteiger partial charge in [0.25, 0.3) is 0 Å². The van der Waals surface area contributed by atoms with Gasteiger partial charge in [0, 0.05) is 47.4 Å². The lowest BCUT2D eigenvalue weighted by atomic mass is 9.71. The predicted octanol–water partition coefficient (Wildman–Crippen LogP) is 6.96. The summed E-state index contributed by atoms with van der Waals surface area (Å²) in [5, 5.41) is 4.11. The molecule has 0 unspecified atom stereocenters. The van der Waals surface area contributed by atoms with Gasteiger partial charge in [0.15, 0.2) is 0 Å². The first-order chi connectivity index (χ1) is 22.2. The van der Waals surface area contributed by atoms with E-state index in [-0.39, 0.29) is 22.5 Å². The van der Waals surface area contributed by atoms with Crippen LogP contribution in [-0.4, -0.2) is 36.4 Å². The number of rotatable bonds is 11. The highest BCUT2D eigenvalue weighted by Crippen LogP contribution is 2.38. The monoisotopic (exact) mass is 636 g/mol. The topological polar surface area (TPSA) is 113 Å². The highest BCUT2D eigenvalue weighted by atomic mass is 32.2. The standard InChI is InChI=1S/C37H40N4O4S/c1-27-17-19-29(20-18-27)45-32-14-6-7-15-33(32)46(43,44)41-36(2,24-28-25-39-31-13-5-4-12-30(28)31)35(42)40-26-37(21-9-3-10-22-37)34-16-8-11-23-38-34/h4-8,11-20,23,25,39,41H,3,9-10,21-22,24,26H2,1-2H3,(H,40,42)/t36-/m0/s1. The fourth-order valence-corrected chi connectivity index (χ4v) is 8.04. The van der Waals surface area contributed by atoms with Crippen molar-refractivity contribution in [1.82, 2.24) is 20.0 Å². The third-order valence-electron chi connectivity index (χ3n) is 9.07. The normalized spacial score (nSPS) is 16.0. The molecule has 9 heteroatoms. The maximum Gasteiger partial charge on any atom is 0.245 e. The smallest absolute Gasteiger partial charge is 0.245 e. The average Bonchev–Trinajstić information content (AvgIpc) is 3.47. The molecule has 1 fully saturated rings. The number of amides is 1. The molecular weight excluding hydrogens is 596 g/mol. The molecule has 1 saturated carbocycles. The first-order valence-electron chi connectivity index (χ1n) is 15.8. The largest absolute Gasteiger partial charge is 0.456 e. The van der Waals surface area contributed by atoms with Crippen molar-refractivity contribution in [3.8, 4) is 11.5 Å². The number of carbonyl (C=O) groups is 1. The summed E-state index contributed by atoms with van der Waals surface area (Å²) in [6.07, 6.45) is 8.80. The Labute approximate surface area is 270 Å². The average molecular weight is 637 g/mol. The fourth-order valence-electron chi connectivity index (χ4n) is 6.54. The number of ether oxygens (including phenoxy) is 1. The number of pyridine rings is 1. The van der Waals surface area contributed by atoms with E-state index in [1.54, 1.807) is 43.5 Å². The Hall–Kier alpha value is -4.47. The molecule has 5 aromatic rings. The van der Waals surface area contributed by atoms with Crippen LogP contribution in [0.3, 0.4) is 0 Å². The third kappa shape index (κ3) is 6.71. The second-order valence-electron chi connectivity index (χ2n) is 12.6. The van der Waals surface area contributed by atoms with Gasteiger partial charge in [-0.05, 0) is 74.7 Å². The van der Waals surface area contributed by atoms with Gasteiger partial charge < -0.3 is 15.0 Å². The van der Waals surface area contributed by atoms with Crippen molar-refractivity contribution in [1.29, 1.82) is 0 Å². The number of nitrogens with one attached hydrogen (secondary N) is 3. The van der Waals surface area contributed by atoms with Crippen molar-refractivity contribution in [2.45, 2.75) is 68.2 Å². The molecule has 46 heavy (non-hydrogen) atoms. The van der Waals surface area contributed by atoms with Gasteiger partial charge in [0.2, 0.25) is 15.9 Å². The zero-order valence-electron chi connectivity index (χ0n) is 26.3. The first kappa shape index (κ1) is 31.5. The number of sulfonamides is 1. The second-order valence-corrected chi connectivity index (χ2v) is 14.2. The van der Waals surface area contributed by atoms with E-state index in [0.717, 1.165) is 59.8 Å². The van der Waals surface area contributed by atoms with E-state index in [2.05, 4.69) is 20.0 Å². The van der Waals surface area contributed by atoms with Crippen LogP contribution in [-0.2, 0) is 26.7 Å². The number of benzene rings is 3. The Morgan fingerprint density at radius 2 is 1.65 bits per heavy atom. The lowest BCUT2D eigenvalue weighted by Gasteiger charge is -2.38. The minimum Gasteiger partial charge on any atom is -0.456 e. The number of fused-ring (bicyclic) bond motifs is 1. The van der Waals surface area contributed by atoms with Gasteiger partial charge in [-0.15, -0.1) is 0 Å². The summed E-state index contributed by atoms with van der Waals surface area (Å²) in [4.78, 5) is 22.2. The molecule has 1 aliphatic carbocycles. The van der Waals surface area contributed by atoms with Crippen LogP contribution in [0.2, 0.25) is 0 Å². The van der Waals surface area contributed by atoms with Gasteiger partial charge in [-0.3, -0.25) is 9.78 Å². The molecule has 1 amide bonds. The number of aromatic nitrogens is 2. The number of hydrogen-bond acceptors (Lipinski definition) is 5. The van der Waals surface area contributed by atoms with Crippen LogP contribution >= 0.6 is 0 Å². The number of nitrogens with zero attached hydrogens (tertiary/aromatic N) is 1. The molecule has 2 heterocycles. The van der Waals surface area contributed by atoms with Crippen LogP contribution < -0.4 is 14.8 Å². The van der Waals surface area contributed by atoms with E-state index in [9.17, 15) is 13.2 Å². The van der Waals surface area contributed by atoms with Gasteiger partial charge in [0.1, 0.15) is 21.9 Å². The number of H-pyrrole nitrogens is 1. The Balaban J connectivity index is 1.33. The van der Waals surface area contributed by atoms with Crippen LogP contribution in [0.4, 0.5) is 0 Å². The molecule has 0 radical (unpaired) electrons. The summed E-state index contributed by atoms with van der Waals surface area (Å²) in [6, 6.07) is 27.6. The van der Waals surface area contributed by atoms with E-state index in [4.69, 9.17) is 4.74 Å². The van der Waals surface area contributed by atoms with Crippen molar-refractivity contribution in [3.63, 3.8) is 0 Å². The van der Waals surface area contributed by atoms with Gasteiger partial charge in [-0.25, -0.2) is 8.42 Å². The molecule has 1 atom stereocenters. The lowest BCUT2D eigenvalue weighted by Crippen LogP contribution is -2.59. The Kier molecular flexibility index (Phi) is 8.97. The summed E-state index contributed by atoms with van der Waals surface area (Å²) in [6.45, 7) is 3.98. The predicted molar refractivity (Wildman–Crippen MR) is 180 cm³/mol. The Morgan fingerprint density at radius 3 is 2.41 bits per heavy atom. The van der Waals surface area contributed by atoms with E-state index in [1.807, 2.05) is 67.7 Å². The number of carbonyl (C=O) groups excluding carboxylic acids is 1. The SMILES string of the molecule is Cc1ccc(Oc2ccccc2S(=O)(=O)N[C@@](C)(Cc2c[nH]c3ccccc23)C(=O)NCC2(c3ccccn3)CCCCC2)cc1. The van der Waals surface area contributed by atoms with E-state index >= 15 is 0 Å². The van der Waals surface area contributed by atoms with E-state index in [1.165, 1.54) is 6.07 Å². The maximum atomic E-state index is 14.4. The van der Waals surface area contributed by atoms with Crippen molar-refractivity contribution >= 4 is 26.8 Å². The quantitative estimate of drug-likeness (QED) is 0.145. The van der Waals surface area contributed by atoms with Crippen molar-refractivity contribution in [2.75, 3.05) is 6.54 Å². The first-order valence-corrected chi connectivity index (χ1v) is 17.3. The molecular formula is C37H40N4O4S. The molecule has 6 rings (SSSR count). The van der Waals surface area contributed by atoms with E-state index in [0.29, 0.717) is 12.3 Å². The minimum absolute atomic E-state index is 0.0502. The molecule has 0 aliphatic heterocycles. The minimum atomic E-state index is -4.25. The summed E-state index contributed by atoms with van der Waals surface area (Å²) < 4.78 is 37.3. The highest BCUT2D eigenvalue weighted by molar-refractivity contribution is 7.89. The highest BCUT2D eigenvalue weighted by Gasteiger charge is 2.42. The number of hydrogen-bond donors (Lipinski definition) is 3. The fraction of sp³-hybridized carbons (Fsp3) is 0.297. The summed E-state index contributed by atoms with van der Waals surface area (Å²) >= 11 is 0. The van der Waals surface area contributed by atoms with Gasteiger partial charge in [-0.2, -0.15) is 4.72 Å². The molecule has 0 bridgehead atoms. The molecule has 238 valence electrons. The molecule has 3 aromatic carbocycles.